The number of hydrogen-bond donors (Lipinski definition) is 2. The molecular formula is C23H32N2O3. The molecule has 0 aliphatic heterocycles. The van der Waals surface area contributed by atoms with E-state index in [0.29, 0.717) is 23.5 Å². The molecule has 3 aliphatic rings. The number of aromatic hydroxyl groups is 1. The first-order valence-corrected chi connectivity index (χ1v) is 10.6. The Bertz CT molecular complexity index is 811. The third kappa shape index (κ3) is 3.40. The summed E-state index contributed by atoms with van der Waals surface area (Å²) in [5.74, 6) is 2.22. The normalized spacial score (nSPS) is 33.0. The molecule has 4 atom stereocenters. The zero-order chi connectivity index (χ0) is 20.1. The topological polar surface area (TPSA) is 70.9 Å². The highest BCUT2D eigenvalue weighted by Gasteiger charge is 2.53. The summed E-state index contributed by atoms with van der Waals surface area (Å²) < 4.78 is 5.32. The number of aryl methyl sites for hydroxylation is 1. The number of carbonyl (C=O) groups excluding carboxylic acids is 1. The highest BCUT2D eigenvalue weighted by molar-refractivity contribution is 5.93. The number of fused-ring (bicyclic) bond motifs is 5. The van der Waals surface area contributed by atoms with Crippen LogP contribution in [-0.2, 0) is 11.2 Å². The second-order valence-electron chi connectivity index (χ2n) is 9.97. The summed E-state index contributed by atoms with van der Waals surface area (Å²) in [5, 5.41) is 14.3. The van der Waals surface area contributed by atoms with Crippen LogP contribution in [0.5, 0.6) is 5.75 Å². The lowest BCUT2D eigenvalue weighted by molar-refractivity contribution is 0.0527. The molecule has 0 spiro atoms. The summed E-state index contributed by atoms with van der Waals surface area (Å²) in [4.78, 5) is 12.0. The number of rotatable bonds is 1. The van der Waals surface area contributed by atoms with Crippen LogP contribution >= 0.6 is 0 Å². The lowest BCUT2D eigenvalue weighted by Crippen LogP contribution is -2.43. The van der Waals surface area contributed by atoms with Crippen molar-refractivity contribution in [1.82, 2.24) is 5.43 Å². The van der Waals surface area contributed by atoms with Crippen molar-refractivity contribution >= 4 is 11.8 Å². The first-order chi connectivity index (χ1) is 13.2. The van der Waals surface area contributed by atoms with Crippen molar-refractivity contribution in [2.24, 2.45) is 22.4 Å². The molecule has 1 amide bonds. The van der Waals surface area contributed by atoms with Gasteiger partial charge in [0.2, 0.25) is 0 Å². The summed E-state index contributed by atoms with van der Waals surface area (Å²) >= 11 is 0. The van der Waals surface area contributed by atoms with Crippen LogP contribution < -0.4 is 5.43 Å². The molecule has 5 heteroatoms. The van der Waals surface area contributed by atoms with Gasteiger partial charge in [-0.05, 0) is 100 Å². The van der Waals surface area contributed by atoms with Crippen molar-refractivity contribution in [2.75, 3.05) is 0 Å². The quantitative estimate of drug-likeness (QED) is 0.660. The molecule has 1 aromatic rings. The van der Waals surface area contributed by atoms with Gasteiger partial charge in [0.25, 0.3) is 0 Å². The lowest BCUT2D eigenvalue weighted by atomic mass is 9.55. The number of phenolic OH excluding ortho intramolecular Hbond substituents is 1. The van der Waals surface area contributed by atoms with Crippen LogP contribution in [0.4, 0.5) is 4.79 Å². The molecule has 0 aromatic heterocycles. The van der Waals surface area contributed by atoms with E-state index in [1.807, 2.05) is 32.9 Å². The minimum Gasteiger partial charge on any atom is -0.508 e. The molecule has 4 rings (SSSR count). The summed E-state index contributed by atoms with van der Waals surface area (Å²) in [7, 11) is 0. The fourth-order valence-electron chi connectivity index (χ4n) is 5.96. The number of ether oxygens (including phenoxy) is 1. The van der Waals surface area contributed by atoms with E-state index in [0.717, 1.165) is 37.8 Å². The molecule has 28 heavy (non-hydrogen) atoms. The van der Waals surface area contributed by atoms with Crippen LogP contribution in [0.25, 0.3) is 0 Å². The van der Waals surface area contributed by atoms with E-state index in [-0.39, 0.29) is 5.41 Å². The molecule has 2 fully saturated rings. The van der Waals surface area contributed by atoms with Crippen LogP contribution in [0.3, 0.4) is 0 Å². The van der Waals surface area contributed by atoms with Crippen molar-refractivity contribution in [2.45, 2.75) is 77.7 Å². The Morgan fingerprint density at radius 2 is 2.04 bits per heavy atom. The predicted molar refractivity (Wildman–Crippen MR) is 110 cm³/mol. The zero-order valence-corrected chi connectivity index (χ0v) is 17.4. The number of carbonyl (C=O) groups is 1. The van der Waals surface area contributed by atoms with Crippen molar-refractivity contribution in [3.8, 4) is 5.75 Å². The molecule has 2 saturated carbocycles. The Kier molecular flexibility index (Phi) is 4.67. The van der Waals surface area contributed by atoms with Gasteiger partial charge in [0.05, 0.1) is 0 Å². The molecule has 152 valence electrons. The number of hydrogen-bond acceptors (Lipinski definition) is 4. The number of hydrazone groups is 1. The van der Waals surface area contributed by atoms with Gasteiger partial charge >= 0.3 is 6.09 Å². The van der Waals surface area contributed by atoms with Gasteiger partial charge in [-0.1, -0.05) is 13.0 Å². The van der Waals surface area contributed by atoms with E-state index < -0.39 is 11.7 Å². The Morgan fingerprint density at radius 3 is 2.79 bits per heavy atom. The van der Waals surface area contributed by atoms with Crippen molar-refractivity contribution in [1.29, 1.82) is 0 Å². The molecule has 0 bridgehead atoms. The van der Waals surface area contributed by atoms with E-state index in [1.165, 1.54) is 17.5 Å². The second-order valence-corrected chi connectivity index (χ2v) is 9.97. The molecule has 0 radical (unpaired) electrons. The van der Waals surface area contributed by atoms with Crippen molar-refractivity contribution in [3.63, 3.8) is 0 Å². The largest absolute Gasteiger partial charge is 0.508 e. The van der Waals surface area contributed by atoms with E-state index in [9.17, 15) is 9.90 Å². The summed E-state index contributed by atoms with van der Waals surface area (Å²) in [6.45, 7) is 7.90. The van der Waals surface area contributed by atoms with Crippen LogP contribution in [0.1, 0.15) is 76.8 Å². The molecule has 5 nitrogen and oxygen atoms in total. The van der Waals surface area contributed by atoms with Crippen molar-refractivity contribution < 1.29 is 14.6 Å². The fourth-order valence-corrected chi connectivity index (χ4v) is 5.96. The SMILES string of the molecule is CC(C)(C)OC(=O)N/N=C1/CC[C@H]2[C@H]3CCc4cc(O)ccc4[C@H]3CC[C@]12C. The van der Waals surface area contributed by atoms with Gasteiger partial charge < -0.3 is 9.84 Å². The maximum atomic E-state index is 12.0. The number of phenols is 1. The third-order valence-electron chi connectivity index (χ3n) is 7.13. The summed E-state index contributed by atoms with van der Waals surface area (Å²) in [5.41, 5.74) is 6.06. The van der Waals surface area contributed by atoms with Gasteiger partial charge in [-0.15, -0.1) is 0 Å². The molecule has 0 heterocycles. The number of benzene rings is 1. The van der Waals surface area contributed by atoms with Gasteiger partial charge in [0, 0.05) is 11.1 Å². The predicted octanol–water partition coefficient (Wildman–Crippen LogP) is 5.13. The Balaban J connectivity index is 1.52. The van der Waals surface area contributed by atoms with Gasteiger partial charge in [0.15, 0.2) is 0 Å². The molecular weight excluding hydrogens is 352 g/mol. The summed E-state index contributed by atoms with van der Waals surface area (Å²) in [6.07, 6.45) is 6.05. The third-order valence-corrected chi connectivity index (χ3v) is 7.13. The first-order valence-electron chi connectivity index (χ1n) is 10.6. The smallest absolute Gasteiger partial charge is 0.428 e. The van der Waals surface area contributed by atoms with Gasteiger partial charge in [-0.25, -0.2) is 10.2 Å². The molecule has 0 saturated heterocycles. The van der Waals surface area contributed by atoms with E-state index in [4.69, 9.17) is 4.74 Å². The average molecular weight is 385 g/mol. The number of nitrogens with one attached hydrogen (secondary N) is 1. The standard InChI is InChI=1S/C23H32N2O3/c1-22(2,3)28-21(27)25-24-20-10-9-19-18-7-5-14-13-15(26)6-8-16(14)17(18)11-12-23(19,20)4/h6,8,13,17-19,26H,5,7,9-12H2,1-4H3,(H,25,27)/b24-20-/t17-,18+,19+,23+/m1/s1. The number of amides is 1. The Hall–Kier alpha value is -2.04. The Morgan fingerprint density at radius 1 is 1.25 bits per heavy atom. The maximum Gasteiger partial charge on any atom is 0.428 e. The van der Waals surface area contributed by atoms with Gasteiger partial charge in [-0.2, -0.15) is 5.10 Å². The minimum absolute atomic E-state index is 0.0601. The van der Waals surface area contributed by atoms with Crippen LogP contribution in [0.2, 0.25) is 0 Å². The minimum atomic E-state index is -0.519. The van der Waals surface area contributed by atoms with Crippen molar-refractivity contribution in [3.05, 3.63) is 29.3 Å². The van der Waals surface area contributed by atoms with Crippen LogP contribution in [-0.4, -0.2) is 22.5 Å². The fraction of sp³-hybridized carbons (Fsp3) is 0.652. The molecule has 3 aliphatic carbocycles. The molecule has 1 aromatic carbocycles. The summed E-state index contributed by atoms with van der Waals surface area (Å²) in [6, 6.07) is 5.92. The highest BCUT2D eigenvalue weighted by atomic mass is 16.6. The first kappa shape index (κ1) is 19.3. The average Bonchev–Trinajstić information content (AvgIpc) is 2.94. The lowest BCUT2D eigenvalue weighted by Gasteiger charge is -2.49. The van der Waals surface area contributed by atoms with Gasteiger partial charge in [-0.3, -0.25) is 0 Å². The second kappa shape index (κ2) is 6.78. The van der Waals surface area contributed by atoms with Crippen LogP contribution in [0.15, 0.2) is 23.3 Å². The van der Waals surface area contributed by atoms with E-state index >= 15 is 0 Å². The maximum absolute atomic E-state index is 12.0. The zero-order valence-electron chi connectivity index (χ0n) is 17.4. The number of nitrogens with zero attached hydrogens (tertiary/aromatic N) is 1. The Labute approximate surface area is 167 Å². The highest BCUT2D eigenvalue weighted by Crippen LogP contribution is 2.59. The van der Waals surface area contributed by atoms with E-state index in [1.54, 1.807) is 0 Å². The van der Waals surface area contributed by atoms with Crippen LogP contribution in [0, 0.1) is 17.3 Å². The van der Waals surface area contributed by atoms with Gasteiger partial charge in [0.1, 0.15) is 11.4 Å². The van der Waals surface area contributed by atoms with E-state index in [2.05, 4.69) is 23.5 Å². The molecule has 2 N–H and O–H groups in total. The monoisotopic (exact) mass is 384 g/mol. The molecule has 0 unspecified atom stereocenters.